The van der Waals surface area contributed by atoms with Crippen molar-refractivity contribution in [2.45, 2.75) is 38.9 Å². The lowest BCUT2D eigenvalue weighted by molar-refractivity contribution is 0.00764. The zero-order valence-corrected chi connectivity index (χ0v) is 9.96. The molecule has 0 atom stereocenters. The number of likely N-dealkylation sites (tertiary alicyclic amines) is 1. The summed E-state index contributed by atoms with van der Waals surface area (Å²) < 4.78 is 13.5. The fourth-order valence-corrected chi connectivity index (χ4v) is 2.20. The SMILES string of the molecule is CC1(C)CCN1Cc1cccc(F)c1CN. The molecule has 0 saturated carbocycles. The van der Waals surface area contributed by atoms with Crippen LogP contribution in [0.4, 0.5) is 4.39 Å². The maximum Gasteiger partial charge on any atom is 0.128 e. The van der Waals surface area contributed by atoms with Crippen LogP contribution in [0.25, 0.3) is 0 Å². The van der Waals surface area contributed by atoms with E-state index in [1.165, 1.54) is 12.5 Å². The van der Waals surface area contributed by atoms with Crippen LogP contribution in [0.3, 0.4) is 0 Å². The van der Waals surface area contributed by atoms with Gasteiger partial charge in [-0.1, -0.05) is 12.1 Å². The minimum absolute atomic E-state index is 0.182. The Morgan fingerprint density at radius 1 is 1.44 bits per heavy atom. The van der Waals surface area contributed by atoms with Gasteiger partial charge in [0.25, 0.3) is 0 Å². The minimum Gasteiger partial charge on any atom is -0.326 e. The molecule has 1 heterocycles. The second kappa shape index (κ2) is 4.15. The Morgan fingerprint density at radius 2 is 2.19 bits per heavy atom. The van der Waals surface area contributed by atoms with Gasteiger partial charge in [0.2, 0.25) is 0 Å². The summed E-state index contributed by atoms with van der Waals surface area (Å²) in [6, 6.07) is 5.21. The van der Waals surface area contributed by atoms with Gasteiger partial charge in [0.15, 0.2) is 0 Å². The van der Waals surface area contributed by atoms with Crippen molar-refractivity contribution in [2.75, 3.05) is 6.54 Å². The molecule has 1 fully saturated rings. The second-order valence-corrected chi connectivity index (χ2v) is 5.07. The molecule has 0 aliphatic carbocycles. The lowest BCUT2D eigenvalue weighted by Gasteiger charge is -2.48. The lowest BCUT2D eigenvalue weighted by atomic mass is 9.88. The van der Waals surface area contributed by atoms with E-state index in [1.807, 2.05) is 6.07 Å². The Bertz CT molecular complexity index is 388. The molecule has 16 heavy (non-hydrogen) atoms. The minimum atomic E-state index is -0.182. The molecule has 0 aromatic heterocycles. The summed E-state index contributed by atoms with van der Waals surface area (Å²) in [5.74, 6) is -0.182. The number of nitrogens with two attached hydrogens (primary N) is 1. The van der Waals surface area contributed by atoms with Crippen LogP contribution in [-0.2, 0) is 13.1 Å². The molecule has 1 aromatic carbocycles. The van der Waals surface area contributed by atoms with Crippen LogP contribution in [0, 0.1) is 5.82 Å². The quantitative estimate of drug-likeness (QED) is 0.850. The van der Waals surface area contributed by atoms with E-state index in [0.717, 1.165) is 18.7 Å². The first-order valence-corrected chi connectivity index (χ1v) is 5.76. The summed E-state index contributed by atoms with van der Waals surface area (Å²) in [7, 11) is 0. The number of benzene rings is 1. The lowest BCUT2D eigenvalue weighted by Crippen LogP contribution is -2.55. The average Bonchev–Trinajstić information content (AvgIpc) is 2.24. The van der Waals surface area contributed by atoms with Gasteiger partial charge in [0.05, 0.1) is 0 Å². The third-order valence-electron chi connectivity index (χ3n) is 3.63. The van der Waals surface area contributed by atoms with Crippen molar-refractivity contribution in [3.8, 4) is 0 Å². The molecule has 0 bridgehead atoms. The molecule has 2 nitrogen and oxygen atoms in total. The first-order chi connectivity index (χ1) is 7.54. The van der Waals surface area contributed by atoms with Gasteiger partial charge in [0.1, 0.15) is 5.82 Å². The first-order valence-electron chi connectivity index (χ1n) is 5.76. The van der Waals surface area contributed by atoms with Crippen LogP contribution in [-0.4, -0.2) is 17.0 Å². The molecular weight excluding hydrogens is 203 g/mol. The van der Waals surface area contributed by atoms with Crippen LogP contribution in [0.2, 0.25) is 0 Å². The van der Waals surface area contributed by atoms with Crippen molar-refractivity contribution in [2.24, 2.45) is 5.73 Å². The smallest absolute Gasteiger partial charge is 0.128 e. The summed E-state index contributed by atoms with van der Waals surface area (Å²) in [5.41, 5.74) is 7.52. The zero-order chi connectivity index (χ0) is 11.8. The summed E-state index contributed by atoms with van der Waals surface area (Å²) >= 11 is 0. The Hall–Kier alpha value is -0.930. The maximum absolute atomic E-state index is 13.5. The molecule has 1 saturated heterocycles. The van der Waals surface area contributed by atoms with E-state index in [9.17, 15) is 4.39 Å². The van der Waals surface area contributed by atoms with E-state index in [2.05, 4.69) is 18.7 Å². The summed E-state index contributed by atoms with van der Waals surface area (Å²) in [6.07, 6.45) is 1.21. The molecule has 1 aliphatic rings. The van der Waals surface area contributed by atoms with Gasteiger partial charge in [0, 0.05) is 30.7 Å². The highest BCUT2D eigenvalue weighted by atomic mass is 19.1. The van der Waals surface area contributed by atoms with Crippen molar-refractivity contribution in [3.05, 3.63) is 35.1 Å². The average molecular weight is 222 g/mol. The van der Waals surface area contributed by atoms with E-state index in [-0.39, 0.29) is 17.9 Å². The number of nitrogens with zero attached hydrogens (tertiary/aromatic N) is 1. The zero-order valence-electron chi connectivity index (χ0n) is 9.96. The molecule has 0 unspecified atom stereocenters. The van der Waals surface area contributed by atoms with E-state index in [4.69, 9.17) is 5.73 Å². The first kappa shape index (κ1) is 11.6. The van der Waals surface area contributed by atoms with Crippen molar-refractivity contribution < 1.29 is 4.39 Å². The summed E-state index contributed by atoms with van der Waals surface area (Å²) in [6.45, 7) is 6.61. The predicted molar refractivity (Wildman–Crippen MR) is 63.4 cm³/mol. The van der Waals surface area contributed by atoms with Gasteiger partial charge in [-0.2, -0.15) is 0 Å². The van der Waals surface area contributed by atoms with Crippen molar-refractivity contribution in [3.63, 3.8) is 0 Å². The second-order valence-electron chi connectivity index (χ2n) is 5.07. The number of hydrogen-bond donors (Lipinski definition) is 1. The topological polar surface area (TPSA) is 29.3 Å². The monoisotopic (exact) mass is 222 g/mol. The summed E-state index contributed by atoms with van der Waals surface area (Å²) in [5, 5.41) is 0. The molecular formula is C13H19FN2. The molecule has 1 aromatic rings. The van der Waals surface area contributed by atoms with Gasteiger partial charge >= 0.3 is 0 Å². The third kappa shape index (κ3) is 1.97. The Morgan fingerprint density at radius 3 is 2.69 bits per heavy atom. The number of hydrogen-bond acceptors (Lipinski definition) is 2. The van der Waals surface area contributed by atoms with E-state index < -0.39 is 0 Å². The fourth-order valence-electron chi connectivity index (χ4n) is 2.20. The third-order valence-corrected chi connectivity index (χ3v) is 3.63. The molecule has 0 radical (unpaired) electrons. The largest absolute Gasteiger partial charge is 0.326 e. The molecule has 1 aliphatic heterocycles. The van der Waals surface area contributed by atoms with Crippen molar-refractivity contribution in [1.82, 2.24) is 4.90 Å². The Labute approximate surface area is 96.2 Å². The molecule has 0 spiro atoms. The van der Waals surface area contributed by atoms with E-state index in [0.29, 0.717) is 5.56 Å². The van der Waals surface area contributed by atoms with Gasteiger partial charge in [-0.05, 0) is 31.9 Å². The highest BCUT2D eigenvalue weighted by molar-refractivity contribution is 5.29. The van der Waals surface area contributed by atoms with Crippen LogP contribution in [0.1, 0.15) is 31.4 Å². The van der Waals surface area contributed by atoms with Gasteiger partial charge < -0.3 is 5.73 Å². The molecule has 0 amide bonds. The van der Waals surface area contributed by atoms with E-state index >= 15 is 0 Å². The van der Waals surface area contributed by atoms with E-state index in [1.54, 1.807) is 6.07 Å². The van der Waals surface area contributed by atoms with Crippen LogP contribution >= 0.6 is 0 Å². The molecule has 2 rings (SSSR count). The highest BCUT2D eigenvalue weighted by Crippen LogP contribution is 2.31. The normalized spacial score (nSPS) is 19.5. The Kier molecular flexibility index (Phi) is 3.00. The Balaban J connectivity index is 2.18. The van der Waals surface area contributed by atoms with Crippen LogP contribution < -0.4 is 5.73 Å². The predicted octanol–water partition coefficient (Wildman–Crippen LogP) is 2.27. The molecule has 2 N–H and O–H groups in total. The number of halogens is 1. The standard InChI is InChI=1S/C13H19FN2/c1-13(2)6-7-16(13)9-10-4-3-5-12(14)11(10)8-15/h3-5H,6-9,15H2,1-2H3. The highest BCUT2D eigenvalue weighted by Gasteiger charge is 2.35. The molecule has 88 valence electrons. The summed E-state index contributed by atoms with van der Waals surface area (Å²) in [4.78, 5) is 2.36. The maximum atomic E-state index is 13.5. The van der Waals surface area contributed by atoms with Crippen LogP contribution in [0.15, 0.2) is 18.2 Å². The molecule has 3 heteroatoms. The fraction of sp³-hybridized carbons (Fsp3) is 0.538. The van der Waals surface area contributed by atoms with Crippen molar-refractivity contribution >= 4 is 0 Å². The van der Waals surface area contributed by atoms with Gasteiger partial charge in [-0.25, -0.2) is 4.39 Å². The van der Waals surface area contributed by atoms with Crippen LogP contribution in [0.5, 0.6) is 0 Å². The number of rotatable bonds is 3. The van der Waals surface area contributed by atoms with Crippen molar-refractivity contribution in [1.29, 1.82) is 0 Å². The van der Waals surface area contributed by atoms with Gasteiger partial charge in [-0.15, -0.1) is 0 Å². The van der Waals surface area contributed by atoms with Gasteiger partial charge in [-0.3, -0.25) is 4.90 Å².